The number of aryl methyl sites for hydroxylation is 1. The summed E-state index contributed by atoms with van der Waals surface area (Å²) < 4.78 is 6.57. The van der Waals surface area contributed by atoms with E-state index in [1.807, 2.05) is 0 Å². The van der Waals surface area contributed by atoms with Gasteiger partial charge in [0, 0.05) is 45.4 Å². The highest BCUT2D eigenvalue weighted by Gasteiger charge is 2.47. The van der Waals surface area contributed by atoms with Gasteiger partial charge in [0.05, 0.1) is 12.3 Å². The van der Waals surface area contributed by atoms with Crippen LogP contribution in [0.3, 0.4) is 0 Å². The lowest BCUT2D eigenvalue weighted by Gasteiger charge is -2.10. The van der Waals surface area contributed by atoms with Crippen molar-refractivity contribution in [2.75, 3.05) is 20.7 Å². The second-order valence-corrected chi connectivity index (χ2v) is 5.36. The molecule has 1 aliphatic rings. The molecule has 2 rings (SSSR count). The smallest absolute Gasteiger partial charge is 0.343 e. The molecule has 21 heavy (non-hydrogen) atoms. The highest BCUT2D eigenvalue weighted by molar-refractivity contribution is 6.19. The molecule has 0 saturated heterocycles. The molecule has 0 aromatic carbocycles. The van der Waals surface area contributed by atoms with E-state index in [0.717, 1.165) is 5.69 Å². The van der Waals surface area contributed by atoms with E-state index in [1.165, 1.54) is 6.20 Å². The maximum Gasteiger partial charge on any atom is 0.343 e. The van der Waals surface area contributed by atoms with Crippen LogP contribution in [0.25, 0.3) is 0 Å². The molecule has 1 aliphatic carbocycles. The second kappa shape index (κ2) is 6.07. The number of ether oxygens (including phenoxy) is 1. The maximum absolute atomic E-state index is 12.5. The molecular weight excluding hydrogens is 272 g/mol. The van der Waals surface area contributed by atoms with Crippen molar-refractivity contribution < 1.29 is 14.3 Å². The standard InChI is InChI=1S/C14H20N4O3/c1-5-21-14(20)11(7-17(2)3)13(19)10-6-9(10)12-8-18(4)16-15-12/h7-10H,5-6H2,1-4H3/b11-7+. The molecule has 0 bridgehead atoms. The fraction of sp³-hybridized carbons (Fsp3) is 0.571. The van der Waals surface area contributed by atoms with Crippen molar-refractivity contribution in [3.8, 4) is 0 Å². The third-order valence-corrected chi connectivity index (χ3v) is 3.28. The Kier molecular flexibility index (Phi) is 4.40. The van der Waals surface area contributed by atoms with Gasteiger partial charge < -0.3 is 9.64 Å². The minimum Gasteiger partial charge on any atom is -0.462 e. The summed E-state index contributed by atoms with van der Waals surface area (Å²) in [6.45, 7) is 1.96. The van der Waals surface area contributed by atoms with Crippen molar-refractivity contribution in [3.05, 3.63) is 23.7 Å². The third kappa shape index (κ3) is 3.48. The summed E-state index contributed by atoms with van der Waals surface area (Å²) in [5.74, 6) is -0.915. The molecule has 0 aliphatic heterocycles. The van der Waals surface area contributed by atoms with Gasteiger partial charge in [0.1, 0.15) is 5.57 Å². The van der Waals surface area contributed by atoms with E-state index in [9.17, 15) is 9.59 Å². The number of hydrogen-bond donors (Lipinski definition) is 0. The zero-order valence-electron chi connectivity index (χ0n) is 12.7. The molecule has 7 heteroatoms. The van der Waals surface area contributed by atoms with Gasteiger partial charge in [0.2, 0.25) is 0 Å². The number of hydrogen-bond acceptors (Lipinski definition) is 6. The summed E-state index contributed by atoms with van der Waals surface area (Å²) in [6.07, 6.45) is 4.02. The summed E-state index contributed by atoms with van der Waals surface area (Å²) in [7, 11) is 5.31. The highest BCUT2D eigenvalue weighted by atomic mass is 16.5. The van der Waals surface area contributed by atoms with Crippen LogP contribution in [0.4, 0.5) is 0 Å². The van der Waals surface area contributed by atoms with Gasteiger partial charge in [0.15, 0.2) is 5.78 Å². The number of aromatic nitrogens is 3. The third-order valence-electron chi connectivity index (χ3n) is 3.28. The topological polar surface area (TPSA) is 77.3 Å². The van der Waals surface area contributed by atoms with E-state index < -0.39 is 5.97 Å². The van der Waals surface area contributed by atoms with Crippen LogP contribution in [0.1, 0.15) is 25.0 Å². The zero-order chi connectivity index (χ0) is 15.6. The number of carbonyl (C=O) groups excluding carboxylic acids is 2. The van der Waals surface area contributed by atoms with Gasteiger partial charge in [-0.3, -0.25) is 9.48 Å². The molecule has 1 saturated carbocycles. The first-order chi connectivity index (χ1) is 9.93. The maximum atomic E-state index is 12.5. The second-order valence-electron chi connectivity index (χ2n) is 5.36. The predicted octanol–water partition coefficient (Wildman–Crippen LogP) is 0.496. The SMILES string of the molecule is CCOC(=O)/C(=C/N(C)C)C(=O)C1CC1c1cn(C)nn1. The number of carbonyl (C=O) groups is 2. The van der Waals surface area contributed by atoms with Gasteiger partial charge in [-0.15, -0.1) is 5.10 Å². The Morgan fingerprint density at radius 3 is 2.76 bits per heavy atom. The molecule has 0 spiro atoms. The monoisotopic (exact) mass is 292 g/mol. The van der Waals surface area contributed by atoms with Crippen LogP contribution in [-0.2, 0) is 21.4 Å². The van der Waals surface area contributed by atoms with E-state index >= 15 is 0 Å². The van der Waals surface area contributed by atoms with E-state index in [2.05, 4.69) is 10.3 Å². The molecule has 2 atom stereocenters. The highest BCUT2D eigenvalue weighted by Crippen LogP contribution is 2.48. The number of rotatable bonds is 6. The van der Waals surface area contributed by atoms with E-state index in [0.29, 0.717) is 6.42 Å². The predicted molar refractivity (Wildman–Crippen MR) is 75.3 cm³/mol. The molecule has 1 heterocycles. The van der Waals surface area contributed by atoms with Crippen LogP contribution in [0.2, 0.25) is 0 Å². The van der Waals surface area contributed by atoms with Crippen LogP contribution < -0.4 is 0 Å². The summed E-state index contributed by atoms with van der Waals surface area (Å²) >= 11 is 0. The molecule has 7 nitrogen and oxygen atoms in total. The fourth-order valence-corrected chi connectivity index (χ4v) is 2.23. The van der Waals surface area contributed by atoms with Crippen LogP contribution in [-0.4, -0.2) is 52.3 Å². The van der Waals surface area contributed by atoms with Gasteiger partial charge in [0.25, 0.3) is 0 Å². The first-order valence-electron chi connectivity index (χ1n) is 6.89. The summed E-state index contributed by atoms with van der Waals surface area (Å²) in [5, 5.41) is 7.90. The molecule has 1 fully saturated rings. The number of ketones is 1. The van der Waals surface area contributed by atoms with Crippen molar-refractivity contribution in [1.82, 2.24) is 19.9 Å². The number of esters is 1. The van der Waals surface area contributed by atoms with Gasteiger partial charge in [-0.2, -0.15) is 0 Å². The minimum absolute atomic E-state index is 0.0474. The van der Waals surface area contributed by atoms with Gasteiger partial charge in [-0.1, -0.05) is 5.21 Å². The average Bonchev–Trinajstić information content (AvgIpc) is 3.10. The van der Waals surface area contributed by atoms with Crippen molar-refractivity contribution in [2.45, 2.75) is 19.3 Å². The largest absolute Gasteiger partial charge is 0.462 e. The summed E-state index contributed by atoms with van der Waals surface area (Å²) in [6, 6.07) is 0. The fourth-order valence-electron chi connectivity index (χ4n) is 2.23. The molecule has 1 aromatic rings. The van der Waals surface area contributed by atoms with Crippen LogP contribution >= 0.6 is 0 Å². The molecule has 2 unspecified atom stereocenters. The van der Waals surface area contributed by atoms with E-state index in [4.69, 9.17) is 4.74 Å². The molecule has 0 radical (unpaired) electrons. The lowest BCUT2D eigenvalue weighted by molar-refractivity contribution is -0.140. The van der Waals surface area contributed by atoms with Crippen LogP contribution in [0, 0.1) is 5.92 Å². The van der Waals surface area contributed by atoms with Crippen LogP contribution in [0.5, 0.6) is 0 Å². The molecule has 0 amide bonds. The number of nitrogens with zero attached hydrogens (tertiary/aromatic N) is 4. The summed E-state index contributed by atoms with van der Waals surface area (Å²) in [4.78, 5) is 26.1. The van der Waals surface area contributed by atoms with Crippen molar-refractivity contribution in [2.24, 2.45) is 13.0 Å². The molecular formula is C14H20N4O3. The van der Waals surface area contributed by atoms with E-state index in [1.54, 1.807) is 43.8 Å². The van der Waals surface area contributed by atoms with Gasteiger partial charge in [-0.25, -0.2) is 4.79 Å². The normalized spacial score (nSPS) is 21.0. The molecule has 114 valence electrons. The Bertz CT molecular complexity index is 577. The average molecular weight is 292 g/mol. The number of Topliss-reactive ketones (excluding diaryl/α,β-unsaturated/α-hetero) is 1. The van der Waals surface area contributed by atoms with Crippen molar-refractivity contribution >= 4 is 11.8 Å². The van der Waals surface area contributed by atoms with Crippen molar-refractivity contribution in [1.29, 1.82) is 0 Å². The lowest BCUT2D eigenvalue weighted by atomic mass is 10.1. The first-order valence-corrected chi connectivity index (χ1v) is 6.89. The Morgan fingerprint density at radius 2 is 2.24 bits per heavy atom. The molecule has 1 aromatic heterocycles. The van der Waals surface area contributed by atoms with E-state index in [-0.39, 0.29) is 29.8 Å². The Hall–Kier alpha value is -2.18. The Balaban J connectivity index is 2.12. The first kappa shape index (κ1) is 15.2. The van der Waals surface area contributed by atoms with Gasteiger partial charge >= 0.3 is 5.97 Å². The zero-order valence-corrected chi connectivity index (χ0v) is 12.7. The lowest BCUT2D eigenvalue weighted by Crippen LogP contribution is -2.20. The minimum atomic E-state index is -0.569. The van der Waals surface area contributed by atoms with Gasteiger partial charge in [-0.05, 0) is 13.3 Å². The molecule has 0 N–H and O–H groups in total. The Morgan fingerprint density at radius 1 is 1.52 bits per heavy atom. The van der Waals surface area contributed by atoms with Crippen LogP contribution in [0.15, 0.2) is 18.0 Å². The summed E-state index contributed by atoms with van der Waals surface area (Å²) in [5.41, 5.74) is 0.891. The van der Waals surface area contributed by atoms with Crippen molar-refractivity contribution in [3.63, 3.8) is 0 Å². The Labute approximate surface area is 123 Å². The quantitative estimate of drug-likeness (QED) is 0.329.